The van der Waals surface area contributed by atoms with Crippen LogP contribution in [0.25, 0.3) is 11.4 Å². The topological polar surface area (TPSA) is 69.5 Å². The smallest absolute Gasteiger partial charge is 0.233 e. The van der Waals surface area contributed by atoms with E-state index in [2.05, 4.69) is 10.2 Å². The highest BCUT2D eigenvalue weighted by molar-refractivity contribution is 7.99. The van der Waals surface area contributed by atoms with Crippen LogP contribution in [0.4, 0.5) is 0 Å². The molecule has 8 heteroatoms. The Morgan fingerprint density at radius 1 is 1.09 bits per heavy atom. The lowest BCUT2D eigenvalue weighted by Gasteiger charge is -2.22. The van der Waals surface area contributed by atoms with Gasteiger partial charge >= 0.3 is 0 Å². The van der Waals surface area contributed by atoms with Crippen LogP contribution in [0.1, 0.15) is 25.3 Å². The van der Waals surface area contributed by atoms with Gasteiger partial charge in [-0.05, 0) is 49.6 Å². The van der Waals surface area contributed by atoms with Gasteiger partial charge in [-0.3, -0.25) is 4.79 Å². The first-order valence-electron chi connectivity index (χ1n) is 10.8. The molecule has 1 aromatic heterocycles. The van der Waals surface area contributed by atoms with Crippen molar-refractivity contribution in [3.05, 3.63) is 54.1 Å². The van der Waals surface area contributed by atoms with Gasteiger partial charge in [0.1, 0.15) is 11.5 Å². The molecule has 0 bridgehead atoms. The Balaban J connectivity index is 1.46. The molecule has 1 heterocycles. The van der Waals surface area contributed by atoms with Crippen LogP contribution in [0.3, 0.4) is 0 Å². The minimum atomic E-state index is 0.123. The van der Waals surface area contributed by atoms with Gasteiger partial charge in [-0.25, -0.2) is 0 Å². The summed E-state index contributed by atoms with van der Waals surface area (Å²) < 4.78 is 12.7. The van der Waals surface area contributed by atoms with Gasteiger partial charge in [-0.15, -0.1) is 10.2 Å². The maximum Gasteiger partial charge on any atom is 0.233 e. The lowest BCUT2D eigenvalue weighted by atomic mass is 10.2. The fourth-order valence-electron chi connectivity index (χ4n) is 3.65. The molecule has 0 aliphatic heterocycles. The number of rotatable bonds is 10. The summed E-state index contributed by atoms with van der Waals surface area (Å²) in [6.45, 7) is 3.37. The zero-order valence-corrected chi connectivity index (χ0v) is 19.5. The number of thioether (sulfide) groups is 1. The second-order valence-corrected chi connectivity index (χ2v) is 8.58. The quantitative estimate of drug-likeness (QED) is 0.428. The molecule has 0 unspecified atom stereocenters. The molecule has 0 atom stereocenters. The number of carbonyl (C=O) groups excluding carboxylic acids is 1. The highest BCUT2D eigenvalue weighted by atomic mass is 32.2. The maximum absolute atomic E-state index is 13.1. The fraction of sp³-hybridized carbons (Fsp3) is 0.375. The monoisotopic (exact) mass is 452 g/mol. The Labute approximate surface area is 192 Å². The number of hydrogen-bond acceptors (Lipinski definition) is 6. The molecule has 1 fully saturated rings. The van der Waals surface area contributed by atoms with Crippen LogP contribution < -0.4 is 9.47 Å². The summed E-state index contributed by atoms with van der Waals surface area (Å²) in [5.41, 5.74) is 1.99. The third-order valence-corrected chi connectivity index (χ3v) is 6.48. The molecule has 2 aromatic carbocycles. The summed E-state index contributed by atoms with van der Waals surface area (Å²) in [6.07, 6.45) is 2.13. The van der Waals surface area contributed by atoms with Gasteiger partial charge in [0.05, 0.1) is 25.5 Å². The maximum atomic E-state index is 13.1. The zero-order valence-electron chi connectivity index (χ0n) is 18.7. The van der Waals surface area contributed by atoms with E-state index in [-0.39, 0.29) is 5.91 Å². The average Bonchev–Trinajstić information content (AvgIpc) is 3.60. The largest absolute Gasteiger partial charge is 0.497 e. The number of para-hydroxylation sites is 1. The molecule has 3 aromatic rings. The molecule has 1 aliphatic rings. The highest BCUT2D eigenvalue weighted by Gasteiger charge is 2.32. The SMILES string of the molecule is CCn1c(SCC(=O)N(Cc2ccc(OC)cc2)C2CC2)nnc1-c1ccccc1OC. The Bertz CT molecular complexity index is 1060. The van der Waals surface area contributed by atoms with Gasteiger partial charge in [-0.2, -0.15) is 0 Å². The number of amides is 1. The van der Waals surface area contributed by atoms with Crippen molar-refractivity contribution in [2.24, 2.45) is 0 Å². The number of methoxy groups -OCH3 is 2. The van der Waals surface area contributed by atoms with Crippen LogP contribution in [0.15, 0.2) is 53.7 Å². The number of benzene rings is 2. The lowest BCUT2D eigenvalue weighted by Crippen LogP contribution is -2.34. The van der Waals surface area contributed by atoms with Crippen molar-refractivity contribution in [1.29, 1.82) is 0 Å². The Morgan fingerprint density at radius 2 is 1.84 bits per heavy atom. The number of aromatic nitrogens is 3. The van der Waals surface area contributed by atoms with Crippen molar-refractivity contribution in [2.45, 2.75) is 44.1 Å². The van der Waals surface area contributed by atoms with Crippen molar-refractivity contribution in [3.8, 4) is 22.9 Å². The predicted octanol–water partition coefficient (Wildman–Crippen LogP) is 4.27. The van der Waals surface area contributed by atoms with Crippen LogP contribution in [0.2, 0.25) is 0 Å². The van der Waals surface area contributed by atoms with Crippen LogP contribution in [-0.4, -0.2) is 51.6 Å². The minimum absolute atomic E-state index is 0.123. The Kier molecular flexibility index (Phi) is 6.99. The van der Waals surface area contributed by atoms with Crippen molar-refractivity contribution in [1.82, 2.24) is 19.7 Å². The predicted molar refractivity (Wildman–Crippen MR) is 125 cm³/mol. The number of ether oxygens (including phenoxy) is 2. The van der Waals surface area contributed by atoms with Gasteiger partial charge < -0.3 is 18.9 Å². The van der Waals surface area contributed by atoms with Crippen molar-refractivity contribution < 1.29 is 14.3 Å². The molecule has 32 heavy (non-hydrogen) atoms. The highest BCUT2D eigenvalue weighted by Crippen LogP contribution is 2.32. The molecule has 1 aliphatic carbocycles. The Morgan fingerprint density at radius 3 is 2.50 bits per heavy atom. The molecule has 168 valence electrons. The summed E-state index contributed by atoms with van der Waals surface area (Å²) in [7, 11) is 3.30. The molecule has 0 N–H and O–H groups in total. The number of carbonyl (C=O) groups is 1. The summed E-state index contributed by atoms with van der Waals surface area (Å²) in [5, 5.41) is 9.50. The van der Waals surface area contributed by atoms with E-state index in [1.165, 1.54) is 11.8 Å². The van der Waals surface area contributed by atoms with Crippen LogP contribution >= 0.6 is 11.8 Å². The van der Waals surface area contributed by atoms with Gasteiger partial charge in [0, 0.05) is 19.1 Å². The summed E-state index contributed by atoms with van der Waals surface area (Å²) in [4.78, 5) is 15.1. The lowest BCUT2D eigenvalue weighted by molar-refractivity contribution is -0.129. The van der Waals surface area contributed by atoms with Crippen LogP contribution in [0.5, 0.6) is 11.5 Å². The van der Waals surface area contributed by atoms with E-state index in [0.717, 1.165) is 46.4 Å². The summed E-state index contributed by atoms with van der Waals surface area (Å²) >= 11 is 1.44. The van der Waals surface area contributed by atoms with Gasteiger partial charge in [0.25, 0.3) is 0 Å². The van der Waals surface area contributed by atoms with Crippen molar-refractivity contribution in [3.63, 3.8) is 0 Å². The standard InChI is InChI=1S/C24H28N4O3S/c1-4-27-23(20-7-5-6-8-21(20)31-3)25-26-24(27)32-16-22(29)28(18-11-12-18)15-17-9-13-19(30-2)14-10-17/h5-10,13-14,18H,4,11-12,15-16H2,1-3H3. The molecule has 7 nitrogen and oxygen atoms in total. The fourth-order valence-corrected chi connectivity index (χ4v) is 4.54. The third kappa shape index (κ3) is 4.91. The first-order chi connectivity index (χ1) is 15.6. The molecule has 1 amide bonds. The second kappa shape index (κ2) is 10.1. The Hall–Kier alpha value is -3.00. The first kappa shape index (κ1) is 22.2. The van der Waals surface area contributed by atoms with E-state index in [4.69, 9.17) is 9.47 Å². The third-order valence-electron chi connectivity index (χ3n) is 5.53. The van der Waals surface area contributed by atoms with E-state index in [9.17, 15) is 4.79 Å². The molecule has 0 spiro atoms. The minimum Gasteiger partial charge on any atom is -0.497 e. The van der Waals surface area contributed by atoms with E-state index in [1.807, 2.05) is 64.9 Å². The van der Waals surface area contributed by atoms with Crippen LogP contribution in [0, 0.1) is 0 Å². The van der Waals surface area contributed by atoms with E-state index in [1.54, 1.807) is 14.2 Å². The zero-order chi connectivity index (χ0) is 22.5. The average molecular weight is 453 g/mol. The van der Waals surface area contributed by atoms with Gasteiger partial charge in [0.15, 0.2) is 11.0 Å². The summed E-state index contributed by atoms with van der Waals surface area (Å²) in [6, 6.07) is 16.0. The van der Waals surface area contributed by atoms with Gasteiger partial charge in [-0.1, -0.05) is 36.0 Å². The van der Waals surface area contributed by atoms with E-state index >= 15 is 0 Å². The van der Waals surface area contributed by atoms with Crippen LogP contribution in [-0.2, 0) is 17.9 Å². The molecule has 0 saturated heterocycles. The first-order valence-corrected chi connectivity index (χ1v) is 11.7. The number of nitrogens with zero attached hydrogens (tertiary/aromatic N) is 4. The second-order valence-electron chi connectivity index (χ2n) is 7.64. The molecule has 0 radical (unpaired) electrons. The molecule has 4 rings (SSSR count). The normalized spacial score (nSPS) is 13.1. The van der Waals surface area contributed by atoms with E-state index < -0.39 is 0 Å². The molecular formula is C24H28N4O3S. The molecular weight excluding hydrogens is 424 g/mol. The molecule has 1 saturated carbocycles. The van der Waals surface area contributed by atoms with Crippen molar-refractivity contribution >= 4 is 17.7 Å². The number of hydrogen-bond donors (Lipinski definition) is 0. The summed E-state index contributed by atoms with van der Waals surface area (Å²) in [5.74, 6) is 2.77. The van der Waals surface area contributed by atoms with Gasteiger partial charge in [0.2, 0.25) is 5.91 Å². The van der Waals surface area contributed by atoms with E-state index in [0.29, 0.717) is 24.9 Å². The van der Waals surface area contributed by atoms with Crippen molar-refractivity contribution in [2.75, 3.05) is 20.0 Å².